The third-order valence-electron chi connectivity index (χ3n) is 8.29. The number of benzene rings is 3. The van der Waals surface area contributed by atoms with Crippen LogP contribution in [0.15, 0.2) is 91.0 Å². The molecule has 1 aliphatic heterocycles. The number of aromatic nitrogens is 2. The fourth-order valence-electron chi connectivity index (χ4n) is 5.99. The van der Waals surface area contributed by atoms with Crippen LogP contribution in [0, 0.1) is 11.7 Å². The van der Waals surface area contributed by atoms with Crippen molar-refractivity contribution in [3.8, 4) is 5.69 Å². The van der Waals surface area contributed by atoms with Crippen molar-refractivity contribution in [1.82, 2.24) is 15.1 Å². The number of hydrogen-bond donors (Lipinski definition) is 1. The molecule has 0 bridgehead atoms. The number of Topliss-reactive ketones (excluding diaryl/α,β-unsaturated/α-hetero) is 1. The number of ether oxygens (including phenoxy) is 1. The van der Waals surface area contributed by atoms with E-state index in [4.69, 9.17) is 5.10 Å². The van der Waals surface area contributed by atoms with Gasteiger partial charge in [-0.3, -0.25) is 19.3 Å². The number of carbonyl (C=O) groups excluding carboxylic acids is 4. The molecule has 2 heterocycles. The van der Waals surface area contributed by atoms with Crippen LogP contribution in [0.25, 0.3) is 5.69 Å². The molecule has 254 valence electrons. The van der Waals surface area contributed by atoms with E-state index in [0.29, 0.717) is 28.3 Å². The molecule has 1 N–H and O–H groups in total. The minimum atomic E-state index is -4.68. The number of hydrogen-bond acceptors (Lipinski definition) is 6. The Bertz CT molecular complexity index is 1900. The van der Waals surface area contributed by atoms with Gasteiger partial charge in [-0.25, -0.2) is 13.9 Å². The zero-order valence-electron chi connectivity index (χ0n) is 26.6. The Morgan fingerprint density at radius 2 is 1.69 bits per heavy atom. The molecule has 1 aromatic heterocycles. The van der Waals surface area contributed by atoms with E-state index in [1.54, 1.807) is 41.9 Å². The lowest BCUT2D eigenvalue weighted by Gasteiger charge is -2.38. The smallest absolute Gasteiger partial charge is 0.416 e. The number of esters is 1. The van der Waals surface area contributed by atoms with E-state index in [0.717, 1.165) is 18.2 Å². The van der Waals surface area contributed by atoms with E-state index < -0.39 is 59.4 Å². The maximum atomic E-state index is 14.4. The van der Waals surface area contributed by atoms with Crippen molar-refractivity contribution in [3.05, 3.63) is 125 Å². The summed E-state index contributed by atoms with van der Waals surface area (Å²) in [5.41, 5.74) is 0.520. The number of carbonyl (C=O) groups is 4. The van der Waals surface area contributed by atoms with Gasteiger partial charge in [0.05, 0.1) is 42.9 Å². The molecule has 0 aliphatic carbocycles. The van der Waals surface area contributed by atoms with E-state index in [2.05, 4.69) is 16.6 Å². The van der Waals surface area contributed by atoms with Crippen LogP contribution in [-0.4, -0.2) is 47.0 Å². The Balaban J connectivity index is 1.65. The second kappa shape index (κ2) is 14.3. The summed E-state index contributed by atoms with van der Waals surface area (Å²) in [7, 11) is 1.17. The van der Waals surface area contributed by atoms with Gasteiger partial charge >= 0.3 is 12.1 Å². The predicted molar refractivity (Wildman–Crippen MR) is 171 cm³/mol. The van der Waals surface area contributed by atoms with Crippen molar-refractivity contribution in [2.75, 3.05) is 18.6 Å². The third-order valence-corrected chi connectivity index (χ3v) is 8.29. The standard InChI is InChI=1S/C36H32F4N4O5/c1-4-43-33-32(28(42-44(33)26-11-6-5-7-12-26)20-41-30(46)17-21(2)35(48)49-3)31(22-13-15-25(37)16-14-22)27(34(43)47)19-29(45)23-9-8-10-24(18-23)36(38,39)40/h5-16,18,27,31H,2,4,17,19-20H2,1,3H3,(H,41,46)/t27-,31+/m0/s1. The first kappa shape index (κ1) is 34.7. The van der Waals surface area contributed by atoms with Crippen LogP contribution < -0.4 is 10.2 Å². The highest BCUT2D eigenvalue weighted by atomic mass is 19.4. The first-order chi connectivity index (χ1) is 23.3. The summed E-state index contributed by atoms with van der Waals surface area (Å²) in [6, 6.07) is 18.3. The highest BCUT2D eigenvalue weighted by molar-refractivity contribution is 6.04. The number of alkyl halides is 3. The molecule has 0 radical (unpaired) electrons. The molecule has 9 nitrogen and oxygen atoms in total. The molecule has 0 saturated carbocycles. The summed E-state index contributed by atoms with van der Waals surface area (Å²) in [6.45, 7) is 5.27. The van der Waals surface area contributed by atoms with Gasteiger partial charge in [0.15, 0.2) is 5.78 Å². The number of anilines is 1. The molecular formula is C36H32F4N4O5. The molecule has 5 rings (SSSR count). The number of nitrogens with zero attached hydrogens (tertiary/aromatic N) is 3. The maximum Gasteiger partial charge on any atom is 0.416 e. The first-order valence-electron chi connectivity index (χ1n) is 15.3. The number of fused-ring (bicyclic) bond motifs is 1. The van der Waals surface area contributed by atoms with Crippen molar-refractivity contribution in [2.45, 2.75) is 38.4 Å². The van der Waals surface area contributed by atoms with Gasteiger partial charge in [0.2, 0.25) is 11.8 Å². The summed E-state index contributed by atoms with van der Waals surface area (Å²) >= 11 is 0. The predicted octanol–water partition coefficient (Wildman–Crippen LogP) is 6.15. The lowest BCUT2D eigenvalue weighted by molar-refractivity contribution is -0.138. The Labute approximate surface area is 279 Å². The van der Waals surface area contributed by atoms with Gasteiger partial charge < -0.3 is 10.1 Å². The lowest BCUT2D eigenvalue weighted by atomic mass is 9.74. The van der Waals surface area contributed by atoms with E-state index in [1.165, 1.54) is 42.3 Å². The summed E-state index contributed by atoms with van der Waals surface area (Å²) in [5.74, 6) is -4.73. The fourth-order valence-corrected chi connectivity index (χ4v) is 5.99. The number of para-hydroxylation sites is 1. The second-order valence-electron chi connectivity index (χ2n) is 11.4. The number of amides is 2. The monoisotopic (exact) mass is 676 g/mol. The molecule has 0 spiro atoms. The Morgan fingerprint density at radius 3 is 2.33 bits per heavy atom. The van der Waals surface area contributed by atoms with Crippen LogP contribution in [0.2, 0.25) is 0 Å². The number of rotatable bonds is 11. The molecule has 2 amide bonds. The summed E-state index contributed by atoms with van der Waals surface area (Å²) in [6.07, 6.45) is -5.52. The van der Waals surface area contributed by atoms with Crippen LogP contribution in [-0.2, 0) is 31.8 Å². The minimum Gasteiger partial charge on any atom is -0.466 e. The van der Waals surface area contributed by atoms with Crippen molar-refractivity contribution in [2.24, 2.45) is 5.92 Å². The highest BCUT2D eigenvalue weighted by Gasteiger charge is 2.46. The average Bonchev–Trinajstić information content (AvgIpc) is 3.46. The van der Waals surface area contributed by atoms with E-state index in [1.807, 2.05) is 0 Å². The Morgan fingerprint density at radius 1 is 1.00 bits per heavy atom. The molecule has 2 atom stereocenters. The van der Waals surface area contributed by atoms with Crippen molar-refractivity contribution in [3.63, 3.8) is 0 Å². The topological polar surface area (TPSA) is 111 Å². The van der Waals surface area contributed by atoms with Crippen LogP contribution in [0.5, 0.6) is 0 Å². The highest BCUT2D eigenvalue weighted by Crippen LogP contribution is 2.47. The third kappa shape index (κ3) is 7.30. The number of halogens is 4. The summed E-state index contributed by atoms with van der Waals surface area (Å²) in [4.78, 5) is 54.2. The van der Waals surface area contributed by atoms with Gasteiger partial charge in [-0.2, -0.15) is 18.3 Å². The number of ketones is 1. The number of nitrogens with one attached hydrogen (secondary N) is 1. The van der Waals surface area contributed by atoms with Gasteiger partial charge in [-0.15, -0.1) is 0 Å². The quantitative estimate of drug-likeness (QED) is 0.0883. The second-order valence-corrected chi connectivity index (χ2v) is 11.4. The SMILES string of the molecule is C=C(CC(=O)NCc1nn(-c2ccccc2)c2c1[C@H](c1ccc(F)cc1)[C@H](CC(=O)c1cccc(C(F)(F)F)c1)C(=O)N2CC)C(=O)OC. The molecule has 1 aliphatic rings. The van der Waals surface area contributed by atoms with Crippen molar-refractivity contribution < 1.29 is 41.5 Å². The van der Waals surface area contributed by atoms with Gasteiger partial charge in [0, 0.05) is 35.6 Å². The normalized spacial score (nSPS) is 15.8. The number of methoxy groups -OCH3 is 1. The molecule has 0 unspecified atom stereocenters. The van der Waals surface area contributed by atoms with Crippen molar-refractivity contribution in [1.29, 1.82) is 0 Å². The van der Waals surface area contributed by atoms with Crippen molar-refractivity contribution >= 4 is 29.4 Å². The molecule has 3 aromatic carbocycles. The molecule has 49 heavy (non-hydrogen) atoms. The van der Waals surface area contributed by atoms with E-state index >= 15 is 0 Å². The zero-order chi connectivity index (χ0) is 35.5. The van der Waals surface area contributed by atoms with Gasteiger partial charge in [0.25, 0.3) is 0 Å². The van der Waals surface area contributed by atoms with Crippen LogP contribution in [0.3, 0.4) is 0 Å². The first-order valence-corrected chi connectivity index (χ1v) is 15.3. The molecule has 0 fully saturated rings. The van der Waals surface area contributed by atoms with E-state index in [-0.39, 0.29) is 30.6 Å². The van der Waals surface area contributed by atoms with Crippen LogP contribution >= 0.6 is 0 Å². The molecule has 0 saturated heterocycles. The Kier molecular flexibility index (Phi) is 10.1. The minimum absolute atomic E-state index is 0.0723. The molecule has 13 heteroatoms. The van der Waals surface area contributed by atoms with Gasteiger partial charge in [-0.05, 0) is 48.9 Å². The average molecular weight is 677 g/mol. The molecule has 4 aromatic rings. The van der Waals surface area contributed by atoms with Crippen LogP contribution in [0.4, 0.5) is 23.4 Å². The van der Waals surface area contributed by atoms with Gasteiger partial charge in [-0.1, -0.05) is 49.0 Å². The van der Waals surface area contributed by atoms with Crippen LogP contribution in [0.1, 0.15) is 58.4 Å². The van der Waals surface area contributed by atoms with E-state index in [9.17, 15) is 36.7 Å². The zero-order valence-corrected chi connectivity index (χ0v) is 26.6. The summed E-state index contributed by atoms with van der Waals surface area (Å²) < 4.78 is 60.9. The Hall–Kier alpha value is -5.59. The molecular weight excluding hydrogens is 644 g/mol. The maximum absolute atomic E-state index is 14.4. The summed E-state index contributed by atoms with van der Waals surface area (Å²) in [5, 5.41) is 7.54. The lowest BCUT2D eigenvalue weighted by Crippen LogP contribution is -2.45. The van der Waals surface area contributed by atoms with Gasteiger partial charge in [0.1, 0.15) is 11.6 Å². The fraction of sp³-hybridized carbons (Fsp3) is 0.250. The largest absolute Gasteiger partial charge is 0.466 e.